The lowest BCUT2D eigenvalue weighted by Crippen LogP contribution is -2.14. The second-order valence-corrected chi connectivity index (χ2v) is 4.83. The highest BCUT2D eigenvalue weighted by molar-refractivity contribution is 7.82. The van der Waals surface area contributed by atoms with Crippen molar-refractivity contribution in [2.75, 3.05) is 0 Å². The van der Waals surface area contributed by atoms with E-state index in [1.165, 1.54) is 0 Å². The number of carbonyl (C=O) groups is 2. The molecule has 10 nitrogen and oxygen atoms in total. The maximum atomic E-state index is 10.9. The van der Waals surface area contributed by atoms with Crippen LogP contribution in [-0.2, 0) is 47.1 Å². The van der Waals surface area contributed by atoms with Gasteiger partial charge in [0.1, 0.15) is 12.5 Å². The first kappa shape index (κ1) is 17.7. The molecular formula is C8H8O10S2. The lowest BCUT2D eigenvalue weighted by molar-refractivity contribution is -0.131. The lowest BCUT2D eigenvalue weighted by Gasteiger charge is -2.01. The molecule has 0 fully saturated rings. The van der Waals surface area contributed by atoms with Crippen LogP contribution in [0.3, 0.4) is 0 Å². The van der Waals surface area contributed by atoms with E-state index in [1.54, 1.807) is 0 Å². The van der Waals surface area contributed by atoms with Crippen LogP contribution < -0.4 is 0 Å². The van der Waals surface area contributed by atoms with Crippen molar-refractivity contribution in [3.05, 3.63) is 37.8 Å². The van der Waals surface area contributed by atoms with Crippen LogP contribution >= 0.6 is 0 Å². The van der Waals surface area contributed by atoms with E-state index in [9.17, 15) is 26.4 Å². The Morgan fingerprint density at radius 1 is 0.750 bits per heavy atom. The zero-order valence-corrected chi connectivity index (χ0v) is 11.3. The largest absolute Gasteiger partial charge is 0.503 e. The Morgan fingerprint density at radius 2 is 1.05 bits per heavy atom. The van der Waals surface area contributed by atoms with E-state index in [0.717, 1.165) is 0 Å². The minimum absolute atomic E-state index is 0.287. The molecule has 0 heterocycles. The second-order valence-electron chi connectivity index (χ2n) is 2.48. The van der Waals surface area contributed by atoms with Crippen molar-refractivity contribution in [3.63, 3.8) is 0 Å². The average Bonchev–Trinajstić information content (AvgIpc) is 2.24. The molecule has 0 saturated heterocycles. The predicted octanol–water partition coefficient (Wildman–Crippen LogP) is -0.561. The molecule has 0 rings (SSSR count). The Hall–Kier alpha value is -2.34. The van der Waals surface area contributed by atoms with Crippen LogP contribution in [0.5, 0.6) is 0 Å². The first-order valence-electron chi connectivity index (χ1n) is 4.35. The summed E-state index contributed by atoms with van der Waals surface area (Å²) in [5, 5.41) is 0. The molecular weight excluding hydrogens is 320 g/mol. The molecule has 0 aliphatic carbocycles. The summed E-state index contributed by atoms with van der Waals surface area (Å²) in [6, 6.07) is 0. The lowest BCUT2D eigenvalue weighted by atomic mass is 10.5. The average molecular weight is 328 g/mol. The van der Waals surface area contributed by atoms with Crippen molar-refractivity contribution in [1.29, 1.82) is 0 Å². The first-order valence-corrected chi connectivity index (χ1v) is 7.02. The van der Waals surface area contributed by atoms with Gasteiger partial charge in [0.15, 0.2) is 0 Å². The summed E-state index contributed by atoms with van der Waals surface area (Å²) < 4.78 is 58.3. The molecule has 0 aromatic rings. The normalized spacial score (nSPS) is 11.4. The molecule has 0 aliphatic rings. The highest BCUT2D eigenvalue weighted by atomic mass is 32.3. The quantitative estimate of drug-likeness (QED) is 0.420. The van der Waals surface area contributed by atoms with Crippen LogP contribution in [0.15, 0.2) is 37.8 Å². The highest BCUT2D eigenvalue weighted by Crippen LogP contribution is 2.00. The van der Waals surface area contributed by atoms with Gasteiger partial charge in [0.2, 0.25) is 0 Å². The van der Waals surface area contributed by atoms with Crippen LogP contribution in [0.1, 0.15) is 0 Å². The van der Waals surface area contributed by atoms with Crippen molar-refractivity contribution in [2.45, 2.75) is 0 Å². The molecule has 12 heteroatoms. The van der Waals surface area contributed by atoms with Crippen LogP contribution in [-0.4, -0.2) is 28.8 Å². The molecule has 0 radical (unpaired) electrons. The van der Waals surface area contributed by atoms with Crippen molar-refractivity contribution in [1.82, 2.24) is 0 Å². The summed E-state index contributed by atoms with van der Waals surface area (Å²) in [6.07, 6.45) is 1.55. The molecule has 20 heavy (non-hydrogen) atoms. The zero-order chi connectivity index (χ0) is 15.8. The Labute approximate surface area is 114 Å². The van der Waals surface area contributed by atoms with Gasteiger partial charge < -0.3 is 16.7 Å². The molecule has 0 bridgehead atoms. The van der Waals surface area contributed by atoms with Crippen molar-refractivity contribution < 1.29 is 43.2 Å². The van der Waals surface area contributed by atoms with Gasteiger partial charge in [0.05, 0.1) is 0 Å². The molecule has 0 aromatic heterocycles. The summed E-state index contributed by atoms with van der Waals surface area (Å²) in [5.41, 5.74) is 0. The van der Waals surface area contributed by atoms with E-state index in [-0.39, 0.29) is 12.2 Å². The molecule has 0 unspecified atom stereocenters. The van der Waals surface area contributed by atoms with Gasteiger partial charge in [-0.3, -0.25) is 0 Å². The molecule has 0 N–H and O–H groups in total. The smallest absolute Gasteiger partial charge is 0.361 e. The van der Waals surface area contributed by atoms with E-state index >= 15 is 0 Å². The van der Waals surface area contributed by atoms with Crippen molar-refractivity contribution >= 4 is 32.7 Å². The van der Waals surface area contributed by atoms with Gasteiger partial charge in [-0.1, -0.05) is 13.2 Å². The van der Waals surface area contributed by atoms with Crippen LogP contribution in [0.25, 0.3) is 0 Å². The third-order valence-corrected chi connectivity index (χ3v) is 2.58. The van der Waals surface area contributed by atoms with Gasteiger partial charge in [0, 0.05) is 12.2 Å². The van der Waals surface area contributed by atoms with E-state index in [1.807, 2.05) is 0 Å². The van der Waals surface area contributed by atoms with Gasteiger partial charge in [-0.2, -0.15) is 0 Å². The van der Waals surface area contributed by atoms with E-state index in [4.69, 9.17) is 0 Å². The predicted molar refractivity (Wildman–Crippen MR) is 61.7 cm³/mol. The summed E-state index contributed by atoms with van der Waals surface area (Å²) in [7, 11) is -9.30. The number of hydrogen-bond donors (Lipinski definition) is 0. The Kier molecular flexibility index (Phi) is 6.44. The Bertz CT molecular complexity index is 568. The number of rotatable bonds is 8. The fourth-order valence-corrected chi connectivity index (χ4v) is 1.52. The zero-order valence-electron chi connectivity index (χ0n) is 9.62. The van der Waals surface area contributed by atoms with E-state index in [0.29, 0.717) is 12.5 Å². The monoisotopic (exact) mass is 328 g/mol. The van der Waals surface area contributed by atoms with Crippen molar-refractivity contribution in [2.24, 2.45) is 0 Å². The third-order valence-electron chi connectivity index (χ3n) is 1.10. The van der Waals surface area contributed by atoms with Gasteiger partial charge in [-0.15, -0.1) is 16.8 Å². The van der Waals surface area contributed by atoms with Gasteiger partial charge >= 0.3 is 32.7 Å². The van der Waals surface area contributed by atoms with Crippen LogP contribution in [0.4, 0.5) is 0 Å². The van der Waals surface area contributed by atoms with E-state index < -0.39 is 32.7 Å². The highest BCUT2D eigenvalue weighted by Gasteiger charge is 2.18. The van der Waals surface area contributed by atoms with Crippen LogP contribution in [0, 0.1) is 0 Å². The molecule has 0 atom stereocenters. The topological polar surface area (TPSA) is 139 Å². The minimum atomic E-state index is -4.65. The number of carbonyl (C=O) groups excluding carboxylic acids is 2. The molecule has 0 amide bonds. The van der Waals surface area contributed by atoms with Gasteiger partial charge in [-0.25, -0.2) is 9.59 Å². The fourth-order valence-electron chi connectivity index (χ4n) is 0.599. The third kappa shape index (κ3) is 7.88. The standard InChI is InChI=1S/C8H8O10S2/c1-3-15-19(11,12)17-7(9)5-6-8(10)18-20(13,14)16-4-2/h3-6H,1-2H2/b6-5-. The Morgan fingerprint density at radius 3 is 1.30 bits per heavy atom. The summed E-state index contributed by atoms with van der Waals surface area (Å²) >= 11 is 0. The minimum Gasteiger partial charge on any atom is -0.361 e. The SMILES string of the molecule is C=COS(=O)(=O)OC(=O)/C=C\C(=O)OS(=O)(=O)OC=C. The Balaban J connectivity index is 4.58. The van der Waals surface area contributed by atoms with Crippen molar-refractivity contribution in [3.8, 4) is 0 Å². The number of hydrogen-bond acceptors (Lipinski definition) is 10. The first-order chi connectivity index (χ1) is 9.12. The molecule has 0 aromatic carbocycles. The molecule has 0 spiro atoms. The molecule has 0 aliphatic heterocycles. The fraction of sp³-hybridized carbons (Fsp3) is 0. The van der Waals surface area contributed by atoms with E-state index in [2.05, 4.69) is 29.9 Å². The maximum absolute atomic E-state index is 10.9. The maximum Gasteiger partial charge on any atom is 0.503 e. The summed E-state index contributed by atoms with van der Waals surface area (Å²) in [4.78, 5) is 21.8. The van der Waals surface area contributed by atoms with Gasteiger partial charge in [0.25, 0.3) is 0 Å². The van der Waals surface area contributed by atoms with Gasteiger partial charge in [-0.05, 0) is 0 Å². The summed E-state index contributed by atoms with van der Waals surface area (Å²) in [6.45, 7) is 5.82. The summed E-state index contributed by atoms with van der Waals surface area (Å²) in [5.74, 6) is -3.07. The molecule has 0 saturated carbocycles. The second kappa shape index (κ2) is 7.30. The van der Waals surface area contributed by atoms with Crippen LogP contribution in [0.2, 0.25) is 0 Å². The molecule has 112 valence electrons.